The van der Waals surface area contributed by atoms with Crippen LogP contribution in [0.15, 0.2) is 45.9 Å². The summed E-state index contributed by atoms with van der Waals surface area (Å²) in [6.07, 6.45) is 1.32. The maximum absolute atomic E-state index is 13.5. The molecule has 0 N–H and O–H groups in total. The molecule has 4 nitrogen and oxygen atoms in total. The topological polar surface area (TPSA) is 56.3 Å². The number of ether oxygens (including phenoxy) is 1. The predicted molar refractivity (Wildman–Crippen MR) is 71.4 cm³/mol. The van der Waals surface area contributed by atoms with Crippen molar-refractivity contribution < 1.29 is 17.5 Å². The van der Waals surface area contributed by atoms with Gasteiger partial charge in [-0.2, -0.15) is 0 Å². The van der Waals surface area contributed by atoms with E-state index < -0.39 is 14.9 Å². The second-order valence-corrected chi connectivity index (χ2v) is 6.87. The minimum atomic E-state index is -4.03. The van der Waals surface area contributed by atoms with E-state index >= 15 is 0 Å². The van der Waals surface area contributed by atoms with E-state index in [0.717, 1.165) is 0 Å². The van der Waals surface area contributed by atoms with Gasteiger partial charge in [-0.15, -0.1) is 0 Å². The van der Waals surface area contributed by atoms with Crippen molar-refractivity contribution in [3.05, 3.63) is 46.8 Å². The van der Waals surface area contributed by atoms with Gasteiger partial charge in [-0.25, -0.2) is 17.8 Å². The van der Waals surface area contributed by atoms with Crippen LogP contribution in [0.3, 0.4) is 0 Å². The van der Waals surface area contributed by atoms with Crippen molar-refractivity contribution in [3.63, 3.8) is 0 Å². The number of benzene rings is 1. The number of nitrogens with zero attached hydrogens (tertiary/aromatic N) is 1. The van der Waals surface area contributed by atoms with Gasteiger partial charge in [0.25, 0.3) is 9.05 Å². The average Bonchev–Trinajstić information content (AvgIpc) is 2.33. The smallest absolute Gasteiger partial charge is 0.266 e. The van der Waals surface area contributed by atoms with Crippen LogP contribution in [0.2, 0.25) is 0 Å². The standard InChI is InChI=1S/C11H6BrClFNO3S/c12-7-3-4-8(14)9(6-7)18-11-10(19(13,16)17)2-1-5-15-11/h1-6H. The predicted octanol–water partition coefficient (Wildman–Crippen LogP) is 3.70. The molecule has 0 saturated carbocycles. The van der Waals surface area contributed by atoms with E-state index in [-0.39, 0.29) is 16.5 Å². The highest BCUT2D eigenvalue weighted by Crippen LogP contribution is 2.31. The first-order valence-electron chi connectivity index (χ1n) is 4.90. The number of hydrogen-bond acceptors (Lipinski definition) is 4. The molecule has 1 aromatic carbocycles. The van der Waals surface area contributed by atoms with Crippen molar-refractivity contribution in [2.45, 2.75) is 4.90 Å². The molecule has 0 saturated heterocycles. The van der Waals surface area contributed by atoms with Crippen molar-refractivity contribution in [1.82, 2.24) is 4.98 Å². The van der Waals surface area contributed by atoms with E-state index in [0.29, 0.717) is 4.47 Å². The molecule has 8 heteroatoms. The fourth-order valence-corrected chi connectivity index (χ4v) is 2.53. The summed E-state index contributed by atoms with van der Waals surface area (Å²) < 4.78 is 42.0. The number of aromatic nitrogens is 1. The van der Waals surface area contributed by atoms with E-state index in [1.165, 1.54) is 36.5 Å². The molecule has 19 heavy (non-hydrogen) atoms. The fraction of sp³-hybridized carbons (Fsp3) is 0. The van der Waals surface area contributed by atoms with Gasteiger partial charge >= 0.3 is 0 Å². The summed E-state index contributed by atoms with van der Waals surface area (Å²) in [6.45, 7) is 0. The second-order valence-electron chi connectivity index (χ2n) is 3.42. The van der Waals surface area contributed by atoms with Crippen molar-refractivity contribution >= 4 is 35.7 Å². The minimum absolute atomic E-state index is 0.158. The minimum Gasteiger partial charge on any atom is -0.435 e. The molecule has 0 unspecified atom stereocenters. The van der Waals surface area contributed by atoms with Crippen molar-refractivity contribution in [1.29, 1.82) is 0 Å². The summed E-state index contributed by atoms with van der Waals surface area (Å²) >= 11 is 3.16. The third kappa shape index (κ3) is 3.43. The molecule has 0 spiro atoms. The lowest BCUT2D eigenvalue weighted by atomic mass is 10.3. The molecule has 0 bridgehead atoms. The third-order valence-electron chi connectivity index (χ3n) is 2.10. The Labute approximate surface area is 121 Å². The largest absolute Gasteiger partial charge is 0.435 e. The lowest BCUT2D eigenvalue weighted by molar-refractivity contribution is 0.416. The lowest BCUT2D eigenvalue weighted by Crippen LogP contribution is -1.98. The second kappa shape index (κ2) is 5.44. The molecule has 0 amide bonds. The van der Waals surface area contributed by atoms with Gasteiger partial charge < -0.3 is 4.74 Å². The normalized spacial score (nSPS) is 11.3. The Bertz CT molecular complexity index is 724. The molecule has 0 radical (unpaired) electrons. The van der Waals surface area contributed by atoms with Crippen LogP contribution in [-0.4, -0.2) is 13.4 Å². The third-order valence-corrected chi connectivity index (χ3v) is 3.93. The van der Waals surface area contributed by atoms with Crippen LogP contribution in [0.25, 0.3) is 0 Å². The number of rotatable bonds is 3. The van der Waals surface area contributed by atoms with Crippen LogP contribution in [0.5, 0.6) is 11.6 Å². The van der Waals surface area contributed by atoms with Crippen LogP contribution in [0.4, 0.5) is 4.39 Å². The van der Waals surface area contributed by atoms with Gasteiger partial charge in [0.15, 0.2) is 11.6 Å². The van der Waals surface area contributed by atoms with Gasteiger partial charge in [-0.05, 0) is 30.3 Å². The van der Waals surface area contributed by atoms with E-state index in [4.69, 9.17) is 15.4 Å². The highest BCUT2D eigenvalue weighted by Gasteiger charge is 2.19. The van der Waals surface area contributed by atoms with Gasteiger partial charge in [-0.1, -0.05) is 15.9 Å². The van der Waals surface area contributed by atoms with E-state index in [1.54, 1.807) is 0 Å². The summed E-state index contributed by atoms with van der Waals surface area (Å²) in [5.41, 5.74) is 0. The van der Waals surface area contributed by atoms with E-state index in [9.17, 15) is 12.8 Å². The zero-order valence-electron chi connectivity index (χ0n) is 9.18. The van der Waals surface area contributed by atoms with Gasteiger partial charge in [0.2, 0.25) is 5.88 Å². The molecule has 100 valence electrons. The molecule has 2 rings (SSSR count). The highest BCUT2D eigenvalue weighted by atomic mass is 79.9. The van der Waals surface area contributed by atoms with Gasteiger partial charge in [0, 0.05) is 21.4 Å². The summed E-state index contributed by atoms with van der Waals surface area (Å²) in [7, 11) is 1.22. The average molecular weight is 367 g/mol. The van der Waals surface area contributed by atoms with E-state index in [2.05, 4.69) is 20.9 Å². The zero-order valence-corrected chi connectivity index (χ0v) is 12.3. The van der Waals surface area contributed by atoms with Crippen LogP contribution in [-0.2, 0) is 9.05 Å². The molecule has 0 fully saturated rings. The van der Waals surface area contributed by atoms with Crippen molar-refractivity contribution in [3.8, 4) is 11.6 Å². The maximum Gasteiger partial charge on any atom is 0.266 e. The number of pyridine rings is 1. The Morgan fingerprint density at radius 2 is 2.05 bits per heavy atom. The Morgan fingerprint density at radius 1 is 1.32 bits per heavy atom. The molecule has 0 atom stereocenters. The molecular formula is C11H6BrClFNO3S. The van der Waals surface area contributed by atoms with Gasteiger partial charge in [-0.3, -0.25) is 0 Å². The summed E-state index contributed by atoms with van der Waals surface area (Å²) in [6, 6.07) is 6.63. The maximum atomic E-state index is 13.5. The number of hydrogen-bond donors (Lipinski definition) is 0. The quantitative estimate of drug-likeness (QED) is 0.777. The molecule has 1 aromatic heterocycles. The molecule has 2 aromatic rings. The molecule has 1 heterocycles. The molecule has 0 aliphatic rings. The van der Waals surface area contributed by atoms with Gasteiger partial charge in [0.05, 0.1) is 0 Å². The highest BCUT2D eigenvalue weighted by molar-refractivity contribution is 9.10. The van der Waals surface area contributed by atoms with Crippen molar-refractivity contribution in [2.75, 3.05) is 0 Å². The summed E-state index contributed by atoms with van der Waals surface area (Å²) in [5, 5.41) is 0. The Morgan fingerprint density at radius 3 is 2.74 bits per heavy atom. The molecule has 0 aliphatic heterocycles. The van der Waals surface area contributed by atoms with Crippen LogP contribution < -0.4 is 4.74 Å². The Hall–Kier alpha value is -1.18. The van der Waals surface area contributed by atoms with Crippen LogP contribution >= 0.6 is 26.6 Å². The molecule has 0 aliphatic carbocycles. The van der Waals surface area contributed by atoms with Crippen LogP contribution in [0, 0.1) is 5.82 Å². The summed E-state index contributed by atoms with van der Waals surface area (Å²) in [5.74, 6) is -1.09. The summed E-state index contributed by atoms with van der Waals surface area (Å²) in [4.78, 5) is 3.42. The van der Waals surface area contributed by atoms with Gasteiger partial charge in [0.1, 0.15) is 4.90 Å². The van der Waals surface area contributed by atoms with Crippen molar-refractivity contribution in [2.24, 2.45) is 0 Å². The lowest BCUT2D eigenvalue weighted by Gasteiger charge is -2.08. The Kier molecular flexibility index (Phi) is 4.07. The first-order valence-corrected chi connectivity index (χ1v) is 8.01. The van der Waals surface area contributed by atoms with Crippen LogP contribution in [0.1, 0.15) is 0 Å². The first kappa shape index (κ1) is 14.2. The SMILES string of the molecule is O=S(=O)(Cl)c1cccnc1Oc1cc(Br)ccc1F. The van der Waals surface area contributed by atoms with E-state index in [1.807, 2.05) is 0 Å². The zero-order chi connectivity index (χ0) is 14.0. The molecular weight excluding hydrogens is 361 g/mol. The monoisotopic (exact) mass is 365 g/mol. The first-order chi connectivity index (χ1) is 8.88. The Balaban J connectivity index is 2.47. The fourth-order valence-electron chi connectivity index (χ4n) is 1.30. The number of halogens is 3.